The first kappa shape index (κ1) is 19.9. The summed E-state index contributed by atoms with van der Waals surface area (Å²) in [7, 11) is -3.73. The Labute approximate surface area is 173 Å². The molecule has 1 fully saturated rings. The lowest BCUT2D eigenvalue weighted by molar-refractivity contribution is -0.124. The smallest absolute Gasteiger partial charge is 0.285 e. The third-order valence-corrected chi connectivity index (χ3v) is 6.65. The van der Waals surface area contributed by atoms with Crippen molar-refractivity contribution in [1.29, 1.82) is 5.26 Å². The minimum absolute atomic E-state index is 0.165. The molecule has 4 rings (SSSR count). The van der Waals surface area contributed by atoms with Crippen LogP contribution >= 0.6 is 0 Å². The highest BCUT2D eigenvalue weighted by molar-refractivity contribution is 7.90. The van der Waals surface area contributed by atoms with Crippen molar-refractivity contribution in [2.24, 2.45) is 4.40 Å². The normalized spacial score (nSPS) is 19.2. The predicted octanol–water partition coefficient (Wildman–Crippen LogP) is 0.526. The lowest BCUT2D eigenvalue weighted by Crippen LogP contribution is -2.46. The largest absolute Gasteiger partial charge is 0.381 e. The molecule has 1 amide bonds. The van der Waals surface area contributed by atoms with Crippen LogP contribution in [0.15, 0.2) is 33.6 Å². The predicted molar refractivity (Wildman–Crippen MR) is 109 cm³/mol. The lowest BCUT2D eigenvalue weighted by atomic mass is 10.1. The van der Waals surface area contributed by atoms with E-state index in [0.29, 0.717) is 55.0 Å². The fraction of sp³-hybridized carbons (Fsp3) is 0.368. The number of rotatable bonds is 5. The van der Waals surface area contributed by atoms with E-state index < -0.39 is 16.1 Å². The molecule has 0 saturated carbocycles. The highest BCUT2D eigenvalue weighted by Crippen LogP contribution is 2.31. The summed E-state index contributed by atoms with van der Waals surface area (Å²) in [6.07, 6.45) is 2.54. The Hall–Kier alpha value is -3.39. The van der Waals surface area contributed by atoms with Gasteiger partial charge in [0, 0.05) is 18.7 Å². The maximum atomic E-state index is 12.8. The number of fused-ring (bicyclic) bond motifs is 1. The number of hydrogen-bond acceptors (Lipinski definition) is 7. The first-order valence-corrected chi connectivity index (χ1v) is 11.1. The Morgan fingerprint density at radius 2 is 2.20 bits per heavy atom. The van der Waals surface area contributed by atoms with E-state index in [2.05, 4.69) is 19.9 Å². The van der Waals surface area contributed by atoms with Gasteiger partial charge in [-0.3, -0.25) is 9.89 Å². The molecule has 156 valence electrons. The molecule has 0 aliphatic carbocycles. The number of aromatic amines is 1. The molecule has 2 aliphatic rings. The molecule has 0 radical (unpaired) electrons. The van der Waals surface area contributed by atoms with Gasteiger partial charge in [0.15, 0.2) is 11.7 Å². The van der Waals surface area contributed by atoms with E-state index in [1.807, 2.05) is 6.07 Å². The molecular formula is C19H21N7O3S. The third-order valence-electron chi connectivity index (χ3n) is 5.32. The van der Waals surface area contributed by atoms with Crippen molar-refractivity contribution in [2.45, 2.75) is 36.6 Å². The number of benzene rings is 1. The number of sulfonamides is 1. The number of carbonyl (C=O) groups is 1. The quantitative estimate of drug-likeness (QED) is 0.587. The molecule has 10 nitrogen and oxygen atoms in total. The fourth-order valence-electron chi connectivity index (χ4n) is 3.88. The van der Waals surface area contributed by atoms with Crippen LogP contribution in [0.25, 0.3) is 0 Å². The third kappa shape index (κ3) is 3.50. The van der Waals surface area contributed by atoms with Gasteiger partial charge in [-0.2, -0.15) is 18.8 Å². The van der Waals surface area contributed by atoms with E-state index in [-0.39, 0.29) is 16.6 Å². The molecule has 3 heterocycles. The SMILES string of the molecule is N#Cc1c(N)n[nH]c1CCCNC(=O)C1CCCN1C1=NS(=O)(=O)c2ccccc21. The van der Waals surface area contributed by atoms with Gasteiger partial charge in [-0.1, -0.05) is 12.1 Å². The van der Waals surface area contributed by atoms with Crippen molar-refractivity contribution in [2.75, 3.05) is 18.8 Å². The lowest BCUT2D eigenvalue weighted by Gasteiger charge is -2.25. The second kappa shape index (κ2) is 7.79. The second-order valence-electron chi connectivity index (χ2n) is 7.21. The van der Waals surface area contributed by atoms with E-state index in [0.717, 1.165) is 6.42 Å². The van der Waals surface area contributed by atoms with E-state index in [9.17, 15) is 13.2 Å². The van der Waals surface area contributed by atoms with Crippen molar-refractivity contribution in [3.63, 3.8) is 0 Å². The monoisotopic (exact) mass is 427 g/mol. The molecule has 0 bridgehead atoms. The summed E-state index contributed by atoms with van der Waals surface area (Å²) >= 11 is 0. The number of amidine groups is 1. The number of H-pyrrole nitrogens is 1. The molecule has 1 aromatic carbocycles. The van der Waals surface area contributed by atoms with Gasteiger partial charge in [0.1, 0.15) is 22.6 Å². The summed E-state index contributed by atoms with van der Waals surface area (Å²) in [5.41, 5.74) is 7.14. The summed E-state index contributed by atoms with van der Waals surface area (Å²) in [5.74, 6) is 0.349. The maximum absolute atomic E-state index is 12.8. The van der Waals surface area contributed by atoms with Crippen LogP contribution in [0.5, 0.6) is 0 Å². The van der Waals surface area contributed by atoms with Crippen LogP contribution in [0.4, 0.5) is 5.82 Å². The highest BCUT2D eigenvalue weighted by Gasteiger charge is 2.39. The number of aryl methyl sites for hydroxylation is 1. The van der Waals surface area contributed by atoms with E-state index in [4.69, 9.17) is 11.0 Å². The molecule has 2 aliphatic heterocycles. The molecule has 1 unspecified atom stereocenters. The number of nitrogens with two attached hydrogens (primary N) is 1. The molecule has 2 aromatic rings. The Morgan fingerprint density at radius 1 is 1.40 bits per heavy atom. The van der Waals surface area contributed by atoms with Crippen LogP contribution in [0.3, 0.4) is 0 Å². The average Bonchev–Trinajstić information content (AvgIpc) is 3.41. The molecule has 4 N–H and O–H groups in total. The van der Waals surface area contributed by atoms with Gasteiger partial charge in [0.25, 0.3) is 10.0 Å². The minimum atomic E-state index is -3.73. The van der Waals surface area contributed by atoms with Gasteiger partial charge in [-0.15, -0.1) is 4.40 Å². The van der Waals surface area contributed by atoms with Gasteiger partial charge >= 0.3 is 0 Å². The second-order valence-corrected chi connectivity index (χ2v) is 8.78. The van der Waals surface area contributed by atoms with Gasteiger partial charge in [-0.05, 0) is 37.8 Å². The number of anilines is 1. The number of aromatic nitrogens is 2. The molecule has 11 heteroatoms. The summed E-state index contributed by atoms with van der Waals surface area (Å²) in [6, 6.07) is 8.22. The van der Waals surface area contributed by atoms with Gasteiger partial charge in [0.05, 0.1) is 5.69 Å². The molecule has 0 spiro atoms. The van der Waals surface area contributed by atoms with E-state index in [1.54, 1.807) is 23.1 Å². The summed E-state index contributed by atoms with van der Waals surface area (Å²) < 4.78 is 28.6. The van der Waals surface area contributed by atoms with Gasteiger partial charge in [-0.25, -0.2) is 0 Å². The number of nitrogen functional groups attached to an aromatic ring is 1. The Kier molecular flexibility index (Phi) is 5.17. The zero-order valence-electron chi connectivity index (χ0n) is 16.1. The molecule has 1 saturated heterocycles. The van der Waals surface area contributed by atoms with Crippen LogP contribution in [0.1, 0.15) is 36.1 Å². The standard InChI is InChI=1S/C19H21N7O3S/c20-11-13-14(23-24-17(13)21)6-3-9-22-19(27)15-7-4-10-26(15)18-12-5-1-2-8-16(12)30(28,29)25-18/h1-2,5,8,15H,3-4,6-7,9-10H2,(H,22,27)(H3,21,23,24). The number of nitrogens with zero attached hydrogens (tertiary/aromatic N) is 4. The van der Waals surface area contributed by atoms with Crippen LogP contribution in [-0.4, -0.2) is 54.4 Å². The summed E-state index contributed by atoms with van der Waals surface area (Å²) in [6.45, 7) is 0.980. The molecule has 30 heavy (non-hydrogen) atoms. The molecular weight excluding hydrogens is 406 g/mol. The van der Waals surface area contributed by atoms with Crippen molar-refractivity contribution in [1.82, 2.24) is 20.4 Å². The van der Waals surface area contributed by atoms with Crippen molar-refractivity contribution in [3.05, 3.63) is 41.1 Å². The highest BCUT2D eigenvalue weighted by atomic mass is 32.2. The molecule has 1 atom stereocenters. The zero-order valence-corrected chi connectivity index (χ0v) is 16.9. The first-order chi connectivity index (χ1) is 14.4. The van der Waals surface area contributed by atoms with Crippen LogP contribution in [0.2, 0.25) is 0 Å². The van der Waals surface area contributed by atoms with Crippen molar-refractivity contribution >= 4 is 27.6 Å². The summed E-state index contributed by atoms with van der Waals surface area (Å²) in [5, 5.41) is 18.6. The van der Waals surface area contributed by atoms with Crippen LogP contribution < -0.4 is 11.1 Å². The number of likely N-dealkylation sites (tertiary alicyclic amines) is 1. The first-order valence-electron chi connectivity index (χ1n) is 9.64. The topological polar surface area (TPSA) is 157 Å². The fourth-order valence-corrected chi connectivity index (χ4v) is 5.10. The number of carbonyl (C=O) groups excluding carboxylic acids is 1. The average molecular weight is 427 g/mol. The number of nitriles is 1. The van der Waals surface area contributed by atoms with Gasteiger partial charge in [0.2, 0.25) is 5.91 Å². The number of nitrogens with one attached hydrogen (secondary N) is 2. The van der Waals surface area contributed by atoms with Crippen LogP contribution in [-0.2, 0) is 21.2 Å². The Morgan fingerprint density at radius 3 is 3.00 bits per heavy atom. The Bertz CT molecular complexity index is 1160. The number of amides is 1. The van der Waals surface area contributed by atoms with E-state index >= 15 is 0 Å². The van der Waals surface area contributed by atoms with Gasteiger partial charge < -0.3 is 16.0 Å². The van der Waals surface area contributed by atoms with Crippen molar-refractivity contribution in [3.8, 4) is 6.07 Å². The van der Waals surface area contributed by atoms with Crippen LogP contribution in [0, 0.1) is 11.3 Å². The zero-order chi connectivity index (χ0) is 21.3. The minimum Gasteiger partial charge on any atom is -0.381 e. The maximum Gasteiger partial charge on any atom is 0.285 e. The van der Waals surface area contributed by atoms with Crippen molar-refractivity contribution < 1.29 is 13.2 Å². The molecule has 1 aromatic heterocycles. The van der Waals surface area contributed by atoms with E-state index in [1.165, 1.54) is 6.07 Å². The Balaban J connectivity index is 1.40. The summed E-state index contributed by atoms with van der Waals surface area (Å²) in [4.78, 5) is 14.7. The number of hydrogen-bond donors (Lipinski definition) is 3.